The zero-order valence-electron chi connectivity index (χ0n) is 5.73. The molecule has 0 bridgehead atoms. The first-order chi connectivity index (χ1) is 5.01. The Morgan fingerprint density at radius 1 is 1.27 bits per heavy atom. The van der Waals surface area contributed by atoms with Gasteiger partial charge in [-0.25, -0.2) is 8.42 Å². The molecular weight excluding hydrogens is 168 g/mol. The van der Waals surface area contributed by atoms with Crippen LogP contribution in [0.1, 0.15) is 0 Å². The van der Waals surface area contributed by atoms with E-state index in [4.69, 9.17) is 5.11 Å². The molecule has 3 atom stereocenters. The second kappa shape index (κ2) is 1.77. The fourth-order valence-corrected chi connectivity index (χ4v) is 4.14. The maximum Gasteiger partial charge on any atom is 0.307 e. The summed E-state index contributed by atoms with van der Waals surface area (Å²) in [5.41, 5.74) is 0. The molecule has 62 valence electrons. The molecule has 11 heavy (non-hydrogen) atoms. The molecule has 0 amide bonds. The van der Waals surface area contributed by atoms with Crippen molar-refractivity contribution < 1.29 is 18.3 Å². The van der Waals surface area contributed by atoms with Gasteiger partial charge in [-0.3, -0.25) is 4.79 Å². The lowest BCUT2D eigenvalue weighted by molar-refractivity contribution is -0.139. The summed E-state index contributed by atoms with van der Waals surface area (Å²) in [6.45, 7) is 0. The second-order valence-corrected chi connectivity index (χ2v) is 5.42. The van der Waals surface area contributed by atoms with Gasteiger partial charge in [0.15, 0.2) is 9.84 Å². The molecule has 0 aromatic heterocycles. The molecule has 1 aliphatic carbocycles. The summed E-state index contributed by atoms with van der Waals surface area (Å²) >= 11 is 0. The first-order valence-corrected chi connectivity index (χ1v) is 5.26. The third-order valence-electron chi connectivity index (χ3n) is 2.51. The van der Waals surface area contributed by atoms with Crippen molar-refractivity contribution in [3.63, 3.8) is 0 Å². The van der Waals surface area contributed by atoms with Crippen LogP contribution in [0.5, 0.6) is 0 Å². The lowest BCUT2D eigenvalue weighted by Crippen LogP contribution is -2.14. The number of carboxylic acids is 1. The van der Waals surface area contributed by atoms with Gasteiger partial charge < -0.3 is 5.11 Å². The first-order valence-electron chi connectivity index (χ1n) is 3.44. The molecule has 1 aliphatic heterocycles. The van der Waals surface area contributed by atoms with Gasteiger partial charge >= 0.3 is 5.97 Å². The molecule has 2 fully saturated rings. The Labute approximate surface area is 64.1 Å². The highest BCUT2D eigenvalue weighted by Gasteiger charge is 2.62. The van der Waals surface area contributed by atoms with Gasteiger partial charge in [-0.1, -0.05) is 0 Å². The van der Waals surface area contributed by atoms with Crippen LogP contribution >= 0.6 is 0 Å². The number of carboxylic acid groups (broad SMARTS) is 1. The normalized spacial score (nSPS) is 44.9. The third kappa shape index (κ3) is 0.946. The number of fused-ring (bicyclic) bond motifs is 1. The van der Waals surface area contributed by atoms with Crippen molar-refractivity contribution in [3.05, 3.63) is 0 Å². The fourth-order valence-electron chi connectivity index (χ4n) is 1.92. The highest BCUT2D eigenvalue weighted by molar-refractivity contribution is 7.91. The van der Waals surface area contributed by atoms with Gasteiger partial charge in [0, 0.05) is 0 Å². The van der Waals surface area contributed by atoms with Crippen LogP contribution in [0.4, 0.5) is 0 Å². The number of hydrogen-bond donors (Lipinski definition) is 1. The van der Waals surface area contributed by atoms with Gasteiger partial charge in [-0.05, 0) is 11.8 Å². The summed E-state index contributed by atoms with van der Waals surface area (Å²) in [6, 6.07) is 0. The maximum absolute atomic E-state index is 10.8. The summed E-state index contributed by atoms with van der Waals surface area (Å²) in [5.74, 6) is -1.16. The van der Waals surface area contributed by atoms with E-state index in [0.717, 1.165) is 0 Å². The molecule has 0 radical (unpaired) electrons. The smallest absolute Gasteiger partial charge is 0.307 e. The van der Waals surface area contributed by atoms with Gasteiger partial charge in [0.25, 0.3) is 0 Å². The number of aliphatic carboxylic acids is 1. The Hall–Kier alpha value is -0.580. The van der Waals surface area contributed by atoms with Crippen LogP contribution < -0.4 is 0 Å². The van der Waals surface area contributed by atoms with E-state index < -0.39 is 15.8 Å². The standard InChI is InChI=1S/C6H8O4S/c7-6(8)5-3-1-11(9,10)2-4(3)5/h3-5H,1-2H2,(H,7,8)/t3-,4+,5?. The highest BCUT2D eigenvalue weighted by Crippen LogP contribution is 2.52. The minimum Gasteiger partial charge on any atom is -0.481 e. The molecule has 1 saturated heterocycles. The minimum absolute atomic E-state index is 0.0718. The van der Waals surface area contributed by atoms with Crippen molar-refractivity contribution in [2.45, 2.75) is 0 Å². The average Bonchev–Trinajstić information content (AvgIpc) is 2.31. The van der Waals surface area contributed by atoms with Crippen molar-refractivity contribution >= 4 is 15.8 Å². The van der Waals surface area contributed by atoms with Gasteiger partial charge in [0.1, 0.15) is 0 Å². The van der Waals surface area contributed by atoms with Gasteiger partial charge in [0.05, 0.1) is 17.4 Å². The lowest BCUT2D eigenvalue weighted by Gasteiger charge is -1.97. The number of hydrogen-bond acceptors (Lipinski definition) is 3. The van der Waals surface area contributed by atoms with E-state index in [1.54, 1.807) is 0 Å². The van der Waals surface area contributed by atoms with E-state index in [-0.39, 0.29) is 29.3 Å². The minimum atomic E-state index is -2.88. The second-order valence-electron chi connectivity index (χ2n) is 3.27. The van der Waals surface area contributed by atoms with E-state index in [1.807, 2.05) is 0 Å². The number of rotatable bonds is 1. The Morgan fingerprint density at radius 3 is 2.09 bits per heavy atom. The largest absolute Gasteiger partial charge is 0.481 e. The monoisotopic (exact) mass is 176 g/mol. The molecule has 0 aromatic rings. The van der Waals surface area contributed by atoms with E-state index in [2.05, 4.69) is 0 Å². The zero-order chi connectivity index (χ0) is 8.22. The summed E-state index contributed by atoms with van der Waals surface area (Å²) in [6.07, 6.45) is 0. The van der Waals surface area contributed by atoms with Crippen LogP contribution in [0.15, 0.2) is 0 Å². The first kappa shape index (κ1) is 7.09. The van der Waals surface area contributed by atoms with Crippen LogP contribution in [0.25, 0.3) is 0 Å². The molecular formula is C6H8O4S. The van der Waals surface area contributed by atoms with Crippen molar-refractivity contribution in [1.29, 1.82) is 0 Å². The quantitative estimate of drug-likeness (QED) is 0.577. The number of carbonyl (C=O) groups is 1. The van der Waals surface area contributed by atoms with Gasteiger partial charge in [-0.2, -0.15) is 0 Å². The molecule has 1 saturated carbocycles. The Bertz CT molecular complexity index is 287. The molecule has 0 spiro atoms. The maximum atomic E-state index is 10.8. The third-order valence-corrected chi connectivity index (χ3v) is 4.30. The molecule has 2 rings (SSSR count). The molecule has 0 aromatic carbocycles. The predicted octanol–water partition coefficient (Wildman–Crippen LogP) is -0.638. The summed E-state index contributed by atoms with van der Waals surface area (Å²) < 4.78 is 21.7. The van der Waals surface area contributed by atoms with Crippen LogP contribution in [0.2, 0.25) is 0 Å². The molecule has 5 heteroatoms. The van der Waals surface area contributed by atoms with Gasteiger partial charge in [0.2, 0.25) is 0 Å². The average molecular weight is 176 g/mol. The molecule has 1 N–H and O–H groups in total. The van der Waals surface area contributed by atoms with E-state index in [0.29, 0.717) is 0 Å². The van der Waals surface area contributed by atoms with Crippen LogP contribution in [-0.4, -0.2) is 31.0 Å². The molecule has 1 unspecified atom stereocenters. The highest BCUT2D eigenvalue weighted by atomic mass is 32.2. The van der Waals surface area contributed by atoms with Crippen molar-refractivity contribution in [1.82, 2.24) is 0 Å². The molecule has 4 nitrogen and oxygen atoms in total. The SMILES string of the molecule is O=C(O)C1[C@H]2CS(=O)(=O)C[C@@H]12. The van der Waals surface area contributed by atoms with Crippen molar-refractivity contribution in [3.8, 4) is 0 Å². The Balaban J connectivity index is 2.12. The summed E-state index contributed by atoms with van der Waals surface area (Å²) in [4.78, 5) is 10.4. The van der Waals surface area contributed by atoms with E-state index >= 15 is 0 Å². The molecule has 1 heterocycles. The zero-order valence-corrected chi connectivity index (χ0v) is 6.54. The topological polar surface area (TPSA) is 71.4 Å². The summed E-state index contributed by atoms with van der Waals surface area (Å²) in [7, 11) is -2.88. The fraction of sp³-hybridized carbons (Fsp3) is 0.833. The van der Waals surface area contributed by atoms with E-state index in [9.17, 15) is 13.2 Å². The molecule has 2 aliphatic rings. The van der Waals surface area contributed by atoms with Crippen LogP contribution in [0, 0.1) is 17.8 Å². The van der Waals surface area contributed by atoms with Crippen molar-refractivity contribution in [2.75, 3.05) is 11.5 Å². The van der Waals surface area contributed by atoms with Crippen LogP contribution in [-0.2, 0) is 14.6 Å². The Morgan fingerprint density at radius 2 is 1.73 bits per heavy atom. The predicted molar refractivity (Wildman–Crippen MR) is 36.8 cm³/mol. The number of sulfone groups is 1. The Kier molecular flexibility index (Phi) is 1.14. The lowest BCUT2D eigenvalue weighted by atomic mass is 10.3. The van der Waals surface area contributed by atoms with E-state index in [1.165, 1.54) is 0 Å². The summed E-state index contributed by atoms with van der Waals surface area (Å²) in [5, 5.41) is 8.53. The van der Waals surface area contributed by atoms with Crippen molar-refractivity contribution in [2.24, 2.45) is 17.8 Å². The van der Waals surface area contributed by atoms with Crippen LogP contribution in [0.3, 0.4) is 0 Å². The van der Waals surface area contributed by atoms with Gasteiger partial charge in [-0.15, -0.1) is 0 Å².